The molecule has 0 saturated heterocycles. The van der Waals surface area contributed by atoms with Crippen LogP contribution in [0.2, 0.25) is 0 Å². The molecule has 0 amide bonds. The topological polar surface area (TPSA) is 55.5 Å². The molecule has 2 atom stereocenters. The highest BCUT2D eigenvalue weighted by atomic mass is 16.5. The lowest BCUT2D eigenvalue weighted by atomic mass is 9.86. The highest BCUT2D eigenvalue weighted by molar-refractivity contribution is 5.38. The molecule has 2 aromatic carbocycles. The molecule has 0 radical (unpaired) electrons. The number of methoxy groups -OCH3 is 1. The first kappa shape index (κ1) is 15.5. The van der Waals surface area contributed by atoms with Crippen LogP contribution in [0.15, 0.2) is 42.5 Å². The largest absolute Gasteiger partial charge is 0.497 e. The number of rotatable bonds is 5. The molecule has 2 rings (SSSR count). The number of aliphatic hydroxyl groups excluding tert-OH is 1. The monoisotopic (exact) mass is 285 g/mol. The molecule has 112 valence electrons. The van der Waals surface area contributed by atoms with Gasteiger partial charge in [-0.1, -0.05) is 30.3 Å². The Morgan fingerprint density at radius 1 is 1.14 bits per heavy atom. The van der Waals surface area contributed by atoms with E-state index in [2.05, 4.69) is 13.0 Å². The van der Waals surface area contributed by atoms with E-state index < -0.39 is 6.10 Å². The van der Waals surface area contributed by atoms with Crippen LogP contribution in [0, 0.1) is 13.8 Å². The summed E-state index contributed by atoms with van der Waals surface area (Å²) in [5, 5.41) is 10.8. The second-order valence-electron chi connectivity index (χ2n) is 5.35. The summed E-state index contributed by atoms with van der Waals surface area (Å²) < 4.78 is 5.26. The quantitative estimate of drug-likeness (QED) is 0.887. The lowest BCUT2D eigenvalue weighted by Gasteiger charge is -2.24. The van der Waals surface area contributed by atoms with E-state index in [0.29, 0.717) is 6.54 Å². The summed E-state index contributed by atoms with van der Waals surface area (Å²) in [5.41, 5.74) is 10.1. The Balaban J connectivity index is 2.38. The number of aliphatic hydroxyl groups is 1. The van der Waals surface area contributed by atoms with Crippen LogP contribution in [0.25, 0.3) is 0 Å². The third-order valence-corrected chi connectivity index (χ3v) is 4.12. The molecule has 0 saturated carbocycles. The number of hydrogen-bond acceptors (Lipinski definition) is 3. The van der Waals surface area contributed by atoms with Gasteiger partial charge in [0.25, 0.3) is 0 Å². The molecule has 0 aliphatic heterocycles. The van der Waals surface area contributed by atoms with Gasteiger partial charge in [-0.05, 0) is 48.2 Å². The molecule has 3 nitrogen and oxygen atoms in total. The van der Waals surface area contributed by atoms with E-state index in [0.717, 1.165) is 22.4 Å². The van der Waals surface area contributed by atoms with Crippen molar-refractivity contribution in [1.82, 2.24) is 0 Å². The first-order chi connectivity index (χ1) is 10.1. The summed E-state index contributed by atoms with van der Waals surface area (Å²) in [4.78, 5) is 0. The van der Waals surface area contributed by atoms with Gasteiger partial charge in [0.15, 0.2) is 0 Å². The Kier molecular flexibility index (Phi) is 4.99. The first-order valence-electron chi connectivity index (χ1n) is 7.16. The van der Waals surface area contributed by atoms with Gasteiger partial charge in [-0.25, -0.2) is 0 Å². The van der Waals surface area contributed by atoms with Crippen LogP contribution in [-0.4, -0.2) is 18.8 Å². The maximum Gasteiger partial charge on any atom is 0.119 e. The molecule has 0 heterocycles. The third-order valence-electron chi connectivity index (χ3n) is 4.12. The van der Waals surface area contributed by atoms with Gasteiger partial charge in [0.1, 0.15) is 5.75 Å². The zero-order chi connectivity index (χ0) is 15.4. The molecular weight excluding hydrogens is 262 g/mol. The molecule has 2 aromatic rings. The van der Waals surface area contributed by atoms with Gasteiger partial charge >= 0.3 is 0 Å². The minimum absolute atomic E-state index is 0.152. The van der Waals surface area contributed by atoms with Crippen LogP contribution >= 0.6 is 0 Å². The van der Waals surface area contributed by atoms with Gasteiger partial charge in [0, 0.05) is 12.5 Å². The van der Waals surface area contributed by atoms with Gasteiger partial charge < -0.3 is 15.6 Å². The predicted octanol–water partition coefficient (Wildman–Crippen LogP) is 3.09. The molecule has 2 unspecified atom stereocenters. The number of ether oxygens (including phenoxy) is 1. The van der Waals surface area contributed by atoms with Crippen molar-refractivity contribution in [1.29, 1.82) is 0 Å². The van der Waals surface area contributed by atoms with Gasteiger partial charge in [0.2, 0.25) is 0 Å². The molecule has 21 heavy (non-hydrogen) atoms. The summed E-state index contributed by atoms with van der Waals surface area (Å²) in [5.74, 6) is 0.625. The SMILES string of the molecule is COc1cccc(C(CN)C(O)c2cccc(C)c2C)c1. The van der Waals surface area contributed by atoms with E-state index in [4.69, 9.17) is 10.5 Å². The van der Waals surface area contributed by atoms with E-state index in [1.54, 1.807) is 7.11 Å². The van der Waals surface area contributed by atoms with E-state index in [-0.39, 0.29) is 5.92 Å². The number of hydrogen-bond donors (Lipinski definition) is 2. The molecule has 0 aliphatic rings. The van der Waals surface area contributed by atoms with Crippen molar-refractivity contribution >= 4 is 0 Å². The summed E-state index contributed by atoms with van der Waals surface area (Å²) in [7, 11) is 1.64. The van der Waals surface area contributed by atoms with Crippen LogP contribution < -0.4 is 10.5 Å². The Bertz CT molecular complexity index is 610. The minimum atomic E-state index is -0.623. The Hall–Kier alpha value is -1.84. The van der Waals surface area contributed by atoms with Crippen molar-refractivity contribution in [2.75, 3.05) is 13.7 Å². The standard InChI is InChI=1S/C18H23NO2/c1-12-6-4-9-16(13(12)2)18(20)17(11-19)14-7-5-8-15(10-14)21-3/h4-10,17-18,20H,11,19H2,1-3H3. The number of aryl methyl sites for hydroxylation is 1. The van der Waals surface area contributed by atoms with Crippen LogP contribution in [0.1, 0.15) is 34.3 Å². The van der Waals surface area contributed by atoms with Crippen molar-refractivity contribution in [3.8, 4) is 5.75 Å². The fraction of sp³-hybridized carbons (Fsp3) is 0.333. The molecule has 3 N–H and O–H groups in total. The second-order valence-corrected chi connectivity index (χ2v) is 5.35. The normalized spacial score (nSPS) is 13.8. The van der Waals surface area contributed by atoms with Gasteiger partial charge in [-0.3, -0.25) is 0 Å². The Morgan fingerprint density at radius 2 is 1.86 bits per heavy atom. The van der Waals surface area contributed by atoms with Crippen molar-refractivity contribution in [3.63, 3.8) is 0 Å². The molecule has 0 fully saturated rings. The molecule has 3 heteroatoms. The number of nitrogens with two attached hydrogens (primary N) is 1. The van der Waals surface area contributed by atoms with Crippen molar-refractivity contribution in [3.05, 3.63) is 64.7 Å². The van der Waals surface area contributed by atoms with Crippen molar-refractivity contribution < 1.29 is 9.84 Å². The molecular formula is C18H23NO2. The summed E-state index contributed by atoms with van der Waals surface area (Å²) in [6.07, 6.45) is -0.623. The van der Waals surface area contributed by atoms with Crippen LogP contribution in [0.5, 0.6) is 5.75 Å². The van der Waals surface area contributed by atoms with E-state index in [1.165, 1.54) is 5.56 Å². The Morgan fingerprint density at radius 3 is 2.52 bits per heavy atom. The second kappa shape index (κ2) is 6.74. The van der Waals surface area contributed by atoms with Crippen LogP contribution in [0.3, 0.4) is 0 Å². The zero-order valence-electron chi connectivity index (χ0n) is 12.8. The number of benzene rings is 2. The Labute approximate surface area is 126 Å². The van der Waals surface area contributed by atoms with E-state index in [9.17, 15) is 5.11 Å². The summed E-state index contributed by atoms with van der Waals surface area (Å²) in [6, 6.07) is 13.7. The molecule has 0 aromatic heterocycles. The zero-order valence-corrected chi connectivity index (χ0v) is 12.8. The smallest absolute Gasteiger partial charge is 0.119 e. The summed E-state index contributed by atoms with van der Waals surface area (Å²) >= 11 is 0. The molecule has 0 aliphatic carbocycles. The van der Waals surface area contributed by atoms with Gasteiger partial charge in [-0.15, -0.1) is 0 Å². The molecule has 0 bridgehead atoms. The fourth-order valence-corrected chi connectivity index (χ4v) is 2.63. The molecule has 0 spiro atoms. The van der Waals surface area contributed by atoms with E-state index in [1.807, 2.05) is 43.3 Å². The summed E-state index contributed by atoms with van der Waals surface area (Å²) in [6.45, 7) is 4.46. The average molecular weight is 285 g/mol. The predicted molar refractivity (Wildman–Crippen MR) is 85.7 cm³/mol. The lowest BCUT2D eigenvalue weighted by Crippen LogP contribution is -2.21. The third kappa shape index (κ3) is 3.26. The minimum Gasteiger partial charge on any atom is -0.497 e. The highest BCUT2D eigenvalue weighted by Gasteiger charge is 2.23. The fourth-order valence-electron chi connectivity index (χ4n) is 2.63. The average Bonchev–Trinajstić information content (AvgIpc) is 2.51. The lowest BCUT2D eigenvalue weighted by molar-refractivity contribution is 0.146. The van der Waals surface area contributed by atoms with E-state index >= 15 is 0 Å². The van der Waals surface area contributed by atoms with Crippen molar-refractivity contribution in [2.24, 2.45) is 5.73 Å². The highest BCUT2D eigenvalue weighted by Crippen LogP contribution is 2.33. The van der Waals surface area contributed by atoms with Crippen LogP contribution in [-0.2, 0) is 0 Å². The van der Waals surface area contributed by atoms with Crippen molar-refractivity contribution in [2.45, 2.75) is 25.9 Å². The maximum atomic E-state index is 10.8. The van der Waals surface area contributed by atoms with Gasteiger partial charge in [0.05, 0.1) is 13.2 Å². The first-order valence-corrected chi connectivity index (χ1v) is 7.16. The maximum absolute atomic E-state index is 10.8. The van der Waals surface area contributed by atoms with Crippen LogP contribution in [0.4, 0.5) is 0 Å². The van der Waals surface area contributed by atoms with Gasteiger partial charge in [-0.2, -0.15) is 0 Å².